The number of rotatable bonds is 7. The molecule has 4 nitrogen and oxygen atoms in total. The van der Waals surface area contributed by atoms with Gasteiger partial charge in [-0.05, 0) is 36.6 Å². The lowest BCUT2D eigenvalue weighted by Crippen LogP contribution is -2.29. The maximum atomic E-state index is 12.5. The van der Waals surface area contributed by atoms with Crippen molar-refractivity contribution in [3.63, 3.8) is 0 Å². The minimum atomic E-state index is -0.229. The zero-order valence-electron chi connectivity index (χ0n) is 13.3. The van der Waals surface area contributed by atoms with Crippen LogP contribution < -0.4 is 0 Å². The third-order valence-electron chi connectivity index (χ3n) is 3.27. The molecule has 0 atom stereocenters. The van der Waals surface area contributed by atoms with Crippen LogP contribution in [0.25, 0.3) is 6.08 Å². The molecule has 1 aliphatic heterocycles. The Morgan fingerprint density at radius 1 is 1.38 bits per heavy atom. The molecule has 128 valence electrons. The topological polar surface area (TPSA) is 46.6 Å². The Hall–Kier alpha value is -1.18. The number of hydrogen-bond acceptors (Lipinski definition) is 5. The molecule has 0 saturated carbocycles. The first-order chi connectivity index (χ1) is 11.5. The monoisotopic (exact) mass is 427 g/mol. The van der Waals surface area contributed by atoms with Gasteiger partial charge in [-0.3, -0.25) is 14.5 Å². The summed E-state index contributed by atoms with van der Waals surface area (Å²) in [6.07, 6.45) is 3.48. The molecule has 0 N–H and O–H groups in total. The van der Waals surface area contributed by atoms with Crippen LogP contribution in [0.5, 0.6) is 0 Å². The number of carbonyl (C=O) groups is 2. The summed E-state index contributed by atoms with van der Waals surface area (Å²) < 4.78 is 6.54. The van der Waals surface area contributed by atoms with Gasteiger partial charge in [-0.1, -0.05) is 59.0 Å². The van der Waals surface area contributed by atoms with Crippen LogP contribution in [0.1, 0.15) is 31.7 Å². The van der Waals surface area contributed by atoms with Gasteiger partial charge < -0.3 is 4.74 Å². The van der Waals surface area contributed by atoms with Crippen LogP contribution in [0.2, 0.25) is 0 Å². The number of esters is 1. The highest BCUT2D eigenvalue weighted by Gasteiger charge is 2.31. The molecule has 1 aromatic carbocycles. The number of halogens is 1. The second-order valence-electron chi connectivity index (χ2n) is 5.21. The fourth-order valence-electron chi connectivity index (χ4n) is 2.07. The van der Waals surface area contributed by atoms with Crippen molar-refractivity contribution in [2.75, 3.05) is 13.2 Å². The molecule has 1 aliphatic rings. The molecule has 7 heteroatoms. The SMILES string of the molecule is CCCOC(=O)CCCN1C(=O)/C(=C/c2ccc(Br)cc2)SC1=S. The van der Waals surface area contributed by atoms with Gasteiger partial charge in [0.2, 0.25) is 0 Å². The maximum Gasteiger partial charge on any atom is 0.305 e. The van der Waals surface area contributed by atoms with Crippen molar-refractivity contribution in [1.29, 1.82) is 0 Å². The summed E-state index contributed by atoms with van der Waals surface area (Å²) in [7, 11) is 0. The van der Waals surface area contributed by atoms with Gasteiger partial charge in [-0.15, -0.1) is 0 Å². The van der Waals surface area contributed by atoms with E-state index < -0.39 is 0 Å². The van der Waals surface area contributed by atoms with Gasteiger partial charge in [0.1, 0.15) is 4.32 Å². The third-order valence-corrected chi connectivity index (χ3v) is 5.18. The number of benzene rings is 1. The third kappa shape index (κ3) is 5.43. The molecule has 0 aliphatic carbocycles. The van der Waals surface area contributed by atoms with E-state index in [-0.39, 0.29) is 11.9 Å². The molecule has 1 saturated heterocycles. The minimum absolute atomic E-state index is 0.102. The summed E-state index contributed by atoms with van der Waals surface area (Å²) in [6, 6.07) is 7.71. The normalized spacial score (nSPS) is 16.1. The Balaban J connectivity index is 1.91. The quantitative estimate of drug-likeness (QED) is 0.366. The molecule has 2 rings (SSSR count). The van der Waals surface area contributed by atoms with Crippen molar-refractivity contribution in [3.05, 3.63) is 39.2 Å². The maximum absolute atomic E-state index is 12.5. The van der Waals surface area contributed by atoms with Gasteiger partial charge in [-0.2, -0.15) is 0 Å². The Morgan fingerprint density at radius 2 is 2.08 bits per heavy atom. The van der Waals surface area contributed by atoms with Gasteiger partial charge in [-0.25, -0.2) is 0 Å². The van der Waals surface area contributed by atoms with Gasteiger partial charge >= 0.3 is 5.97 Å². The molecule has 1 heterocycles. The summed E-state index contributed by atoms with van der Waals surface area (Å²) in [5, 5.41) is 0. The van der Waals surface area contributed by atoms with Crippen molar-refractivity contribution in [1.82, 2.24) is 4.90 Å². The number of carbonyl (C=O) groups excluding carboxylic acids is 2. The predicted molar refractivity (Wildman–Crippen MR) is 105 cm³/mol. The number of ether oxygens (including phenoxy) is 1. The van der Waals surface area contributed by atoms with Crippen molar-refractivity contribution in [2.45, 2.75) is 26.2 Å². The van der Waals surface area contributed by atoms with Crippen molar-refractivity contribution >= 4 is 62.2 Å². The number of nitrogens with zero attached hydrogens (tertiary/aromatic N) is 1. The Bertz CT molecular complexity index is 658. The fraction of sp³-hybridized carbons (Fsp3) is 0.353. The van der Waals surface area contributed by atoms with Crippen molar-refractivity contribution in [2.24, 2.45) is 0 Å². The highest BCUT2D eigenvalue weighted by Crippen LogP contribution is 2.32. The molecule has 0 radical (unpaired) electrons. The molecule has 1 fully saturated rings. The van der Waals surface area contributed by atoms with Gasteiger partial charge in [0.25, 0.3) is 5.91 Å². The average molecular weight is 428 g/mol. The molecular formula is C17H18BrNO3S2. The summed E-state index contributed by atoms with van der Waals surface area (Å²) in [5.41, 5.74) is 0.946. The van der Waals surface area contributed by atoms with E-state index in [1.54, 1.807) is 4.90 Å². The number of thiocarbonyl (C=S) groups is 1. The Morgan fingerprint density at radius 3 is 2.75 bits per heavy atom. The van der Waals surface area contributed by atoms with Crippen LogP contribution >= 0.6 is 39.9 Å². The minimum Gasteiger partial charge on any atom is -0.466 e. The van der Waals surface area contributed by atoms with E-state index >= 15 is 0 Å². The van der Waals surface area contributed by atoms with E-state index in [1.807, 2.05) is 37.3 Å². The van der Waals surface area contributed by atoms with E-state index in [0.717, 1.165) is 16.5 Å². The van der Waals surface area contributed by atoms with Crippen LogP contribution in [0.15, 0.2) is 33.6 Å². The van der Waals surface area contributed by atoms with Crippen LogP contribution in [0, 0.1) is 0 Å². The number of hydrogen-bond donors (Lipinski definition) is 0. The molecule has 0 bridgehead atoms. The standard InChI is InChI=1S/C17H18BrNO3S2/c1-2-10-22-15(20)4-3-9-19-16(21)14(24-17(19)23)11-12-5-7-13(18)8-6-12/h5-8,11H,2-4,9-10H2,1H3/b14-11-. The van der Waals surface area contributed by atoms with Crippen LogP contribution in [0.4, 0.5) is 0 Å². The van der Waals surface area contributed by atoms with E-state index in [9.17, 15) is 9.59 Å². The van der Waals surface area contributed by atoms with Crippen LogP contribution in [0.3, 0.4) is 0 Å². The average Bonchev–Trinajstić information content (AvgIpc) is 2.82. The first-order valence-corrected chi connectivity index (χ1v) is 9.69. The smallest absolute Gasteiger partial charge is 0.305 e. The van der Waals surface area contributed by atoms with Crippen LogP contribution in [-0.4, -0.2) is 34.2 Å². The summed E-state index contributed by atoms with van der Waals surface area (Å²) in [6.45, 7) is 2.82. The van der Waals surface area contributed by atoms with Crippen molar-refractivity contribution < 1.29 is 14.3 Å². The van der Waals surface area contributed by atoms with E-state index in [2.05, 4.69) is 15.9 Å². The lowest BCUT2D eigenvalue weighted by Gasteiger charge is -2.13. The molecule has 0 aromatic heterocycles. The summed E-state index contributed by atoms with van der Waals surface area (Å²) in [4.78, 5) is 26.1. The lowest BCUT2D eigenvalue weighted by atomic mass is 10.2. The Labute approximate surface area is 159 Å². The number of amides is 1. The molecule has 24 heavy (non-hydrogen) atoms. The highest BCUT2D eigenvalue weighted by molar-refractivity contribution is 9.10. The van der Waals surface area contributed by atoms with Crippen molar-refractivity contribution in [3.8, 4) is 0 Å². The molecule has 0 unspecified atom stereocenters. The largest absolute Gasteiger partial charge is 0.466 e. The Kier molecular flexibility index (Phi) is 7.45. The first-order valence-electron chi connectivity index (χ1n) is 7.68. The molecule has 1 aromatic rings. The van der Waals surface area contributed by atoms with Gasteiger partial charge in [0, 0.05) is 17.4 Å². The van der Waals surface area contributed by atoms with E-state index in [1.165, 1.54) is 11.8 Å². The molecule has 0 spiro atoms. The first kappa shape index (κ1) is 19.1. The van der Waals surface area contributed by atoms with E-state index in [0.29, 0.717) is 35.2 Å². The zero-order valence-corrected chi connectivity index (χ0v) is 16.5. The fourth-order valence-corrected chi connectivity index (χ4v) is 3.65. The summed E-state index contributed by atoms with van der Waals surface area (Å²) in [5.74, 6) is -0.331. The highest BCUT2D eigenvalue weighted by atomic mass is 79.9. The molecular weight excluding hydrogens is 410 g/mol. The van der Waals surface area contributed by atoms with Gasteiger partial charge in [0.05, 0.1) is 11.5 Å². The van der Waals surface area contributed by atoms with Crippen LogP contribution in [-0.2, 0) is 14.3 Å². The molecule has 1 amide bonds. The van der Waals surface area contributed by atoms with E-state index in [4.69, 9.17) is 17.0 Å². The second-order valence-corrected chi connectivity index (χ2v) is 7.80. The van der Waals surface area contributed by atoms with Gasteiger partial charge in [0.15, 0.2) is 0 Å². The predicted octanol–water partition coefficient (Wildman–Crippen LogP) is 4.38. The second kappa shape index (κ2) is 9.34. The zero-order chi connectivity index (χ0) is 17.5. The lowest BCUT2D eigenvalue weighted by molar-refractivity contribution is -0.144. The number of thioether (sulfide) groups is 1. The summed E-state index contributed by atoms with van der Waals surface area (Å²) >= 11 is 9.96.